The molecule has 0 saturated heterocycles. The zero-order chi connectivity index (χ0) is 11.5. The van der Waals surface area contributed by atoms with Gasteiger partial charge in [0.1, 0.15) is 5.78 Å². The highest BCUT2D eigenvalue weighted by atomic mass is 16.1. The maximum atomic E-state index is 11.1. The second-order valence-electron chi connectivity index (χ2n) is 4.19. The van der Waals surface area contributed by atoms with Gasteiger partial charge in [-0.2, -0.15) is 5.26 Å². The molecule has 0 aromatic heterocycles. The molecule has 0 fully saturated rings. The number of Topliss-reactive ketones (excluding diaryl/α,β-unsaturated/α-hetero) is 1. The SMILES string of the molecule is CC(=O)CC(C)(C#N)c1ccc(C)cc1. The van der Waals surface area contributed by atoms with Crippen LogP contribution in [0.15, 0.2) is 24.3 Å². The Morgan fingerprint density at radius 2 is 1.93 bits per heavy atom. The first kappa shape index (κ1) is 11.5. The first-order chi connectivity index (χ1) is 6.98. The predicted molar refractivity (Wildman–Crippen MR) is 59.4 cm³/mol. The van der Waals surface area contributed by atoms with E-state index in [1.807, 2.05) is 31.2 Å². The number of hydrogen-bond acceptors (Lipinski definition) is 2. The summed E-state index contributed by atoms with van der Waals surface area (Å²) in [5.74, 6) is 0.0413. The number of nitrogens with zero attached hydrogens (tertiary/aromatic N) is 1. The molecule has 15 heavy (non-hydrogen) atoms. The van der Waals surface area contributed by atoms with Crippen molar-refractivity contribution in [2.24, 2.45) is 0 Å². The van der Waals surface area contributed by atoms with Crippen molar-refractivity contribution in [3.8, 4) is 6.07 Å². The van der Waals surface area contributed by atoms with Gasteiger partial charge < -0.3 is 0 Å². The number of nitriles is 1. The van der Waals surface area contributed by atoms with Crippen LogP contribution >= 0.6 is 0 Å². The molecule has 0 aliphatic carbocycles. The van der Waals surface area contributed by atoms with Gasteiger partial charge in [0.25, 0.3) is 0 Å². The molecule has 2 heteroatoms. The van der Waals surface area contributed by atoms with Gasteiger partial charge in [-0.1, -0.05) is 29.8 Å². The Morgan fingerprint density at radius 3 is 2.33 bits per heavy atom. The van der Waals surface area contributed by atoms with Gasteiger partial charge in [0, 0.05) is 6.42 Å². The van der Waals surface area contributed by atoms with Crippen LogP contribution in [0.1, 0.15) is 31.4 Å². The van der Waals surface area contributed by atoms with Gasteiger partial charge in [-0.15, -0.1) is 0 Å². The third-order valence-corrected chi connectivity index (χ3v) is 2.54. The monoisotopic (exact) mass is 201 g/mol. The minimum Gasteiger partial charge on any atom is -0.300 e. The lowest BCUT2D eigenvalue weighted by atomic mass is 9.79. The van der Waals surface area contributed by atoms with Gasteiger partial charge >= 0.3 is 0 Å². The van der Waals surface area contributed by atoms with Crippen molar-refractivity contribution < 1.29 is 4.79 Å². The van der Waals surface area contributed by atoms with Gasteiger partial charge in [0.2, 0.25) is 0 Å². The molecule has 2 nitrogen and oxygen atoms in total. The Labute approximate surface area is 90.5 Å². The molecular formula is C13H15NO. The molecule has 1 atom stereocenters. The Kier molecular flexibility index (Phi) is 3.26. The van der Waals surface area contributed by atoms with Crippen LogP contribution in [0.5, 0.6) is 0 Å². The van der Waals surface area contributed by atoms with E-state index < -0.39 is 5.41 Å². The van der Waals surface area contributed by atoms with Crippen molar-refractivity contribution in [3.05, 3.63) is 35.4 Å². The molecule has 1 rings (SSSR count). The molecule has 0 saturated carbocycles. The Hall–Kier alpha value is -1.62. The summed E-state index contributed by atoms with van der Waals surface area (Å²) < 4.78 is 0. The minimum absolute atomic E-state index is 0.0413. The zero-order valence-corrected chi connectivity index (χ0v) is 9.37. The number of aryl methyl sites for hydroxylation is 1. The lowest BCUT2D eigenvalue weighted by Crippen LogP contribution is -2.22. The molecule has 0 spiro atoms. The van der Waals surface area contributed by atoms with E-state index in [0.29, 0.717) is 0 Å². The van der Waals surface area contributed by atoms with Crippen LogP contribution in [0.25, 0.3) is 0 Å². The van der Waals surface area contributed by atoms with Gasteiger partial charge in [-0.25, -0.2) is 0 Å². The molecule has 1 aromatic carbocycles. The largest absolute Gasteiger partial charge is 0.300 e. The van der Waals surface area contributed by atoms with Gasteiger partial charge in [0.15, 0.2) is 0 Å². The number of ketones is 1. The van der Waals surface area contributed by atoms with Crippen LogP contribution in [-0.4, -0.2) is 5.78 Å². The molecule has 1 unspecified atom stereocenters. The van der Waals surface area contributed by atoms with Crippen LogP contribution in [0, 0.1) is 18.3 Å². The van der Waals surface area contributed by atoms with Crippen molar-refractivity contribution in [1.29, 1.82) is 5.26 Å². The van der Waals surface area contributed by atoms with E-state index in [2.05, 4.69) is 6.07 Å². The van der Waals surface area contributed by atoms with E-state index in [1.54, 1.807) is 6.92 Å². The van der Waals surface area contributed by atoms with Crippen LogP contribution in [0.4, 0.5) is 0 Å². The maximum Gasteiger partial charge on any atom is 0.131 e. The molecule has 78 valence electrons. The van der Waals surface area contributed by atoms with E-state index >= 15 is 0 Å². The van der Waals surface area contributed by atoms with Crippen molar-refractivity contribution in [3.63, 3.8) is 0 Å². The van der Waals surface area contributed by atoms with E-state index in [0.717, 1.165) is 11.1 Å². The average molecular weight is 201 g/mol. The number of rotatable bonds is 3. The molecule has 0 heterocycles. The van der Waals surface area contributed by atoms with E-state index in [-0.39, 0.29) is 12.2 Å². The van der Waals surface area contributed by atoms with Crippen LogP contribution in [-0.2, 0) is 10.2 Å². The highest BCUT2D eigenvalue weighted by Gasteiger charge is 2.27. The van der Waals surface area contributed by atoms with E-state index in [1.165, 1.54) is 6.92 Å². The number of carbonyl (C=O) groups is 1. The smallest absolute Gasteiger partial charge is 0.131 e. The standard InChI is InChI=1S/C13H15NO/c1-10-4-6-12(7-5-10)13(3,9-14)8-11(2)15/h4-7H,8H2,1-3H3. The fourth-order valence-electron chi connectivity index (χ4n) is 1.63. The summed E-state index contributed by atoms with van der Waals surface area (Å²) in [5.41, 5.74) is 1.37. The lowest BCUT2D eigenvalue weighted by molar-refractivity contribution is -0.117. The van der Waals surface area contributed by atoms with Crippen molar-refractivity contribution in [1.82, 2.24) is 0 Å². The van der Waals surface area contributed by atoms with Gasteiger partial charge in [-0.05, 0) is 26.3 Å². The fraction of sp³-hybridized carbons (Fsp3) is 0.385. The third-order valence-electron chi connectivity index (χ3n) is 2.54. The highest BCUT2D eigenvalue weighted by Crippen LogP contribution is 2.27. The first-order valence-electron chi connectivity index (χ1n) is 4.96. The van der Waals surface area contributed by atoms with Crippen molar-refractivity contribution >= 4 is 5.78 Å². The quantitative estimate of drug-likeness (QED) is 0.754. The molecule has 0 amide bonds. The Morgan fingerprint density at radius 1 is 1.40 bits per heavy atom. The normalized spacial score (nSPS) is 14.0. The summed E-state index contributed by atoms with van der Waals surface area (Å²) in [6.45, 7) is 5.32. The summed E-state index contributed by atoms with van der Waals surface area (Å²) >= 11 is 0. The average Bonchev–Trinajstić information content (AvgIpc) is 2.17. The summed E-state index contributed by atoms with van der Waals surface area (Å²) in [6, 6.07) is 9.99. The summed E-state index contributed by atoms with van der Waals surface area (Å²) in [4.78, 5) is 11.1. The molecule has 0 aliphatic heterocycles. The van der Waals surface area contributed by atoms with Crippen molar-refractivity contribution in [2.75, 3.05) is 0 Å². The van der Waals surface area contributed by atoms with Gasteiger partial charge in [-0.3, -0.25) is 4.79 Å². The van der Waals surface area contributed by atoms with Crippen LogP contribution in [0.2, 0.25) is 0 Å². The molecule has 0 bridgehead atoms. The van der Waals surface area contributed by atoms with Crippen LogP contribution in [0.3, 0.4) is 0 Å². The zero-order valence-electron chi connectivity index (χ0n) is 9.37. The summed E-state index contributed by atoms with van der Waals surface area (Å²) in [6.07, 6.45) is 0.270. The summed E-state index contributed by atoms with van der Waals surface area (Å²) in [7, 11) is 0. The molecule has 0 N–H and O–H groups in total. The second-order valence-corrected chi connectivity index (χ2v) is 4.19. The number of hydrogen-bond donors (Lipinski definition) is 0. The molecule has 0 aliphatic rings. The fourth-order valence-corrected chi connectivity index (χ4v) is 1.63. The minimum atomic E-state index is -0.695. The topological polar surface area (TPSA) is 40.9 Å². The first-order valence-corrected chi connectivity index (χ1v) is 4.96. The third kappa shape index (κ3) is 2.66. The van der Waals surface area contributed by atoms with E-state index in [9.17, 15) is 4.79 Å². The Balaban J connectivity index is 3.07. The number of carbonyl (C=O) groups excluding carboxylic acids is 1. The second kappa shape index (κ2) is 4.27. The van der Waals surface area contributed by atoms with Crippen LogP contribution < -0.4 is 0 Å². The lowest BCUT2D eigenvalue weighted by Gasteiger charge is -2.20. The molecule has 1 aromatic rings. The van der Waals surface area contributed by atoms with Gasteiger partial charge in [0.05, 0.1) is 11.5 Å². The Bertz CT molecular complexity index is 400. The number of benzene rings is 1. The predicted octanol–water partition coefficient (Wildman–Crippen LogP) is 2.76. The molecule has 0 radical (unpaired) electrons. The molecular weight excluding hydrogens is 186 g/mol. The summed E-state index contributed by atoms with van der Waals surface area (Å²) in [5, 5.41) is 9.15. The maximum absolute atomic E-state index is 11.1. The van der Waals surface area contributed by atoms with Crippen molar-refractivity contribution in [2.45, 2.75) is 32.6 Å². The highest BCUT2D eigenvalue weighted by molar-refractivity contribution is 5.77. The van der Waals surface area contributed by atoms with E-state index in [4.69, 9.17) is 5.26 Å².